The van der Waals surface area contributed by atoms with E-state index < -0.39 is 22.5 Å². The summed E-state index contributed by atoms with van der Waals surface area (Å²) in [6.45, 7) is 2.30. The van der Waals surface area contributed by atoms with Crippen LogP contribution in [0.5, 0.6) is 0 Å². The van der Waals surface area contributed by atoms with Crippen LogP contribution in [-0.2, 0) is 10.9 Å². The minimum atomic E-state index is -4.65. The van der Waals surface area contributed by atoms with Gasteiger partial charge < -0.3 is 10.1 Å². The van der Waals surface area contributed by atoms with Gasteiger partial charge in [-0.15, -0.1) is 0 Å². The van der Waals surface area contributed by atoms with Crippen LogP contribution in [-0.4, -0.2) is 28.7 Å². The Bertz CT molecular complexity index is 530. The van der Waals surface area contributed by atoms with E-state index in [1.165, 1.54) is 0 Å². The Balaban J connectivity index is 2.27. The van der Waals surface area contributed by atoms with Gasteiger partial charge in [0.15, 0.2) is 0 Å². The van der Waals surface area contributed by atoms with E-state index in [2.05, 4.69) is 10.3 Å². The fourth-order valence-corrected chi connectivity index (χ4v) is 2.20. The maximum absolute atomic E-state index is 12.7. The molecule has 0 aromatic carbocycles. The molecule has 0 radical (unpaired) electrons. The number of nitrogens with one attached hydrogen (secondary N) is 1. The predicted molar refractivity (Wildman–Crippen MR) is 68.0 cm³/mol. The van der Waals surface area contributed by atoms with Gasteiger partial charge in [0.25, 0.3) is 0 Å². The quantitative estimate of drug-likeness (QED) is 0.683. The van der Waals surface area contributed by atoms with Crippen LogP contribution < -0.4 is 5.32 Å². The number of alkyl halides is 3. The standard InChI is InChI=1S/C12H14F3N3O3/c1-7(10-3-2-4-21-10)17-8-5-11(12(13,14)15)16-6-9(8)18(19)20/h5-7,10H,2-4H2,1H3,(H,16,17). The molecule has 2 unspecified atom stereocenters. The van der Waals surface area contributed by atoms with Crippen LogP contribution in [0.3, 0.4) is 0 Å². The summed E-state index contributed by atoms with van der Waals surface area (Å²) < 4.78 is 43.4. The van der Waals surface area contributed by atoms with E-state index in [0.717, 1.165) is 12.8 Å². The van der Waals surface area contributed by atoms with Crippen LogP contribution in [0.25, 0.3) is 0 Å². The van der Waals surface area contributed by atoms with Crippen molar-refractivity contribution >= 4 is 11.4 Å². The normalized spacial score (nSPS) is 20.3. The SMILES string of the molecule is CC(Nc1cc(C(F)(F)F)ncc1[N+](=O)[O-])C1CCCO1. The lowest BCUT2D eigenvalue weighted by atomic mass is 10.1. The first-order chi connectivity index (χ1) is 9.79. The molecule has 1 saturated heterocycles. The number of pyridine rings is 1. The summed E-state index contributed by atoms with van der Waals surface area (Å²) in [4.78, 5) is 13.2. The van der Waals surface area contributed by atoms with Gasteiger partial charge in [-0.1, -0.05) is 0 Å². The van der Waals surface area contributed by atoms with Crippen molar-refractivity contribution < 1.29 is 22.8 Å². The minimum absolute atomic E-state index is 0.174. The number of aromatic nitrogens is 1. The summed E-state index contributed by atoms with van der Waals surface area (Å²) in [5.41, 5.74) is -1.87. The van der Waals surface area contributed by atoms with Crippen LogP contribution in [0.4, 0.5) is 24.5 Å². The molecule has 1 aromatic rings. The number of nitro groups is 1. The number of anilines is 1. The monoisotopic (exact) mass is 305 g/mol. The smallest absolute Gasteiger partial charge is 0.376 e. The highest BCUT2D eigenvalue weighted by molar-refractivity contribution is 5.61. The zero-order chi connectivity index (χ0) is 15.6. The van der Waals surface area contributed by atoms with Gasteiger partial charge in [-0.25, -0.2) is 4.98 Å². The lowest BCUT2D eigenvalue weighted by Gasteiger charge is -2.21. The van der Waals surface area contributed by atoms with Crippen molar-refractivity contribution in [3.63, 3.8) is 0 Å². The molecular formula is C12H14F3N3O3. The van der Waals surface area contributed by atoms with Crippen molar-refractivity contribution in [3.05, 3.63) is 28.1 Å². The maximum atomic E-state index is 12.7. The van der Waals surface area contributed by atoms with Crippen molar-refractivity contribution in [1.29, 1.82) is 0 Å². The molecule has 6 nitrogen and oxygen atoms in total. The maximum Gasteiger partial charge on any atom is 0.433 e. The molecule has 2 atom stereocenters. The van der Waals surface area contributed by atoms with Gasteiger partial charge in [0.2, 0.25) is 0 Å². The van der Waals surface area contributed by atoms with E-state index >= 15 is 0 Å². The Morgan fingerprint density at radius 1 is 1.57 bits per heavy atom. The fourth-order valence-electron chi connectivity index (χ4n) is 2.20. The van der Waals surface area contributed by atoms with Gasteiger partial charge in [-0.05, 0) is 25.8 Å². The van der Waals surface area contributed by atoms with Gasteiger partial charge in [0.1, 0.15) is 17.6 Å². The van der Waals surface area contributed by atoms with Crippen molar-refractivity contribution in [3.8, 4) is 0 Å². The van der Waals surface area contributed by atoms with E-state index in [4.69, 9.17) is 4.74 Å². The number of ether oxygens (including phenoxy) is 1. The first kappa shape index (κ1) is 15.5. The Morgan fingerprint density at radius 2 is 2.29 bits per heavy atom. The lowest BCUT2D eigenvalue weighted by molar-refractivity contribution is -0.384. The summed E-state index contributed by atoms with van der Waals surface area (Å²) in [5.74, 6) is 0. The Morgan fingerprint density at radius 3 is 2.81 bits per heavy atom. The largest absolute Gasteiger partial charge is 0.433 e. The van der Waals surface area contributed by atoms with Gasteiger partial charge in [-0.3, -0.25) is 10.1 Å². The van der Waals surface area contributed by atoms with Crippen LogP contribution >= 0.6 is 0 Å². The molecule has 116 valence electrons. The highest BCUT2D eigenvalue weighted by Crippen LogP contribution is 2.33. The van der Waals surface area contributed by atoms with E-state index in [1.807, 2.05) is 0 Å². The molecule has 2 rings (SSSR count). The Labute approximate surface area is 118 Å². The van der Waals surface area contributed by atoms with Crippen LogP contribution in [0.15, 0.2) is 12.3 Å². The molecule has 1 aromatic heterocycles. The number of halogens is 3. The highest BCUT2D eigenvalue weighted by Gasteiger charge is 2.35. The number of rotatable bonds is 4. The van der Waals surface area contributed by atoms with Gasteiger partial charge >= 0.3 is 11.9 Å². The molecule has 1 aliphatic rings. The molecule has 21 heavy (non-hydrogen) atoms. The van der Waals surface area contributed by atoms with Crippen LogP contribution in [0.1, 0.15) is 25.5 Å². The summed E-state index contributed by atoms with van der Waals surface area (Å²) in [6, 6.07) is 0.318. The molecule has 1 fully saturated rings. The van der Waals surface area contributed by atoms with Crippen molar-refractivity contribution in [2.24, 2.45) is 0 Å². The summed E-state index contributed by atoms with van der Waals surface area (Å²) in [7, 11) is 0. The third-order valence-electron chi connectivity index (χ3n) is 3.28. The zero-order valence-electron chi connectivity index (χ0n) is 11.2. The average Bonchev–Trinajstić information content (AvgIpc) is 2.91. The van der Waals surface area contributed by atoms with Gasteiger partial charge in [0, 0.05) is 12.6 Å². The second-order valence-corrected chi connectivity index (χ2v) is 4.83. The van der Waals surface area contributed by atoms with E-state index in [-0.39, 0.29) is 17.8 Å². The average molecular weight is 305 g/mol. The van der Waals surface area contributed by atoms with Gasteiger partial charge in [0.05, 0.1) is 11.0 Å². The number of hydrogen-bond donors (Lipinski definition) is 1. The van der Waals surface area contributed by atoms with Crippen molar-refractivity contribution in [1.82, 2.24) is 4.98 Å². The molecule has 0 bridgehead atoms. The van der Waals surface area contributed by atoms with E-state index in [9.17, 15) is 23.3 Å². The molecular weight excluding hydrogens is 291 g/mol. The molecule has 0 amide bonds. The molecule has 2 heterocycles. The van der Waals surface area contributed by atoms with E-state index in [0.29, 0.717) is 18.9 Å². The zero-order valence-corrected chi connectivity index (χ0v) is 11.2. The highest BCUT2D eigenvalue weighted by atomic mass is 19.4. The first-order valence-corrected chi connectivity index (χ1v) is 6.39. The summed E-state index contributed by atoms with van der Waals surface area (Å²) >= 11 is 0. The summed E-state index contributed by atoms with van der Waals surface area (Å²) in [6.07, 6.45) is -2.58. The summed E-state index contributed by atoms with van der Waals surface area (Å²) in [5, 5.41) is 13.6. The molecule has 0 saturated carbocycles. The van der Waals surface area contributed by atoms with Gasteiger partial charge in [-0.2, -0.15) is 13.2 Å². The second kappa shape index (κ2) is 5.84. The fraction of sp³-hybridized carbons (Fsp3) is 0.583. The van der Waals surface area contributed by atoms with Crippen LogP contribution in [0, 0.1) is 10.1 Å². The molecule has 1 aliphatic heterocycles. The second-order valence-electron chi connectivity index (χ2n) is 4.83. The third-order valence-corrected chi connectivity index (χ3v) is 3.28. The molecule has 0 aliphatic carbocycles. The molecule has 9 heteroatoms. The third kappa shape index (κ3) is 3.60. The minimum Gasteiger partial charge on any atom is -0.376 e. The number of nitrogens with zero attached hydrogens (tertiary/aromatic N) is 2. The topological polar surface area (TPSA) is 77.3 Å². The number of hydrogen-bond acceptors (Lipinski definition) is 5. The van der Waals surface area contributed by atoms with Crippen molar-refractivity contribution in [2.45, 2.75) is 38.1 Å². The van der Waals surface area contributed by atoms with Crippen LogP contribution in [0.2, 0.25) is 0 Å². The molecule has 1 N–H and O–H groups in total. The Hall–Kier alpha value is -1.90. The predicted octanol–water partition coefficient (Wildman–Crippen LogP) is 2.99. The van der Waals surface area contributed by atoms with E-state index in [1.54, 1.807) is 6.92 Å². The lowest BCUT2D eigenvalue weighted by Crippen LogP contribution is -2.30. The Kier molecular flexibility index (Phi) is 4.31. The first-order valence-electron chi connectivity index (χ1n) is 6.39. The van der Waals surface area contributed by atoms with Crippen molar-refractivity contribution in [2.75, 3.05) is 11.9 Å². The molecule has 0 spiro atoms.